The van der Waals surface area contributed by atoms with Crippen LogP contribution >= 0.6 is 0 Å². The number of benzene rings is 2. The highest BCUT2D eigenvalue weighted by Crippen LogP contribution is 2.41. The normalized spacial score (nSPS) is 19.7. The third-order valence-electron chi connectivity index (χ3n) is 3.48. The van der Waals surface area contributed by atoms with Gasteiger partial charge in [-0.25, -0.2) is 0 Å². The van der Waals surface area contributed by atoms with Gasteiger partial charge in [0, 0.05) is 11.1 Å². The maximum Gasteiger partial charge on any atom is 0.163 e. The van der Waals surface area contributed by atoms with E-state index in [0.717, 1.165) is 0 Å². The number of rotatable bonds is 3. The lowest BCUT2D eigenvalue weighted by Gasteiger charge is -2.33. The van der Waals surface area contributed by atoms with Crippen LogP contribution in [0.3, 0.4) is 0 Å². The number of phenolic OH excluding ortho intramolecular Hbond substituents is 2. The SMILES string of the molecule is O=Cc1ccc2c(c1)OC(CO)C(c1ccc(O)c(O)c1)O2. The van der Waals surface area contributed by atoms with Crippen molar-refractivity contribution >= 4 is 6.29 Å². The lowest BCUT2D eigenvalue weighted by molar-refractivity contribution is -0.0124. The van der Waals surface area contributed by atoms with Crippen LogP contribution in [-0.4, -0.2) is 34.3 Å². The van der Waals surface area contributed by atoms with Crippen molar-refractivity contribution in [1.82, 2.24) is 0 Å². The quantitative estimate of drug-likeness (QED) is 0.591. The van der Waals surface area contributed by atoms with Crippen molar-refractivity contribution in [3.05, 3.63) is 47.5 Å². The summed E-state index contributed by atoms with van der Waals surface area (Å²) in [5.74, 6) is 0.299. The van der Waals surface area contributed by atoms with Crippen LogP contribution in [0.4, 0.5) is 0 Å². The number of aliphatic hydroxyl groups is 1. The zero-order chi connectivity index (χ0) is 15.7. The summed E-state index contributed by atoms with van der Waals surface area (Å²) in [7, 11) is 0. The first-order valence-electron chi connectivity index (χ1n) is 6.67. The summed E-state index contributed by atoms with van der Waals surface area (Å²) in [4.78, 5) is 10.8. The Morgan fingerprint density at radius 3 is 2.50 bits per heavy atom. The van der Waals surface area contributed by atoms with Crippen LogP contribution in [0.15, 0.2) is 36.4 Å². The highest BCUT2D eigenvalue weighted by Gasteiger charge is 2.33. The fourth-order valence-corrected chi connectivity index (χ4v) is 2.36. The summed E-state index contributed by atoms with van der Waals surface area (Å²) in [6, 6.07) is 9.02. The van der Waals surface area contributed by atoms with Gasteiger partial charge in [0.15, 0.2) is 35.2 Å². The molecule has 0 spiro atoms. The molecule has 0 radical (unpaired) electrons. The number of fused-ring (bicyclic) bond motifs is 1. The molecular formula is C16H14O6. The van der Waals surface area contributed by atoms with E-state index in [2.05, 4.69) is 0 Å². The van der Waals surface area contributed by atoms with Gasteiger partial charge in [-0.3, -0.25) is 4.79 Å². The van der Waals surface area contributed by atoms with Gasteiger partial charge in [-0.2, -0.15) is 0 Å². The van der Waals surface area contributed by atoms with E-state index in [-0.39, 0.29) is 18.1 Å². The first-order chi connectivity index (χ1) is 10.6. The molecule has 1 aliphatic heterocycles. The summed E-state index contributed by atoms with van der Waals surface area (Å²) in [6.07, 6.45) is -0.647. The van der Waals surface area contributed by atoms with Gasteiger partial charge in [0.1, 0.15) is 6.29 Å². The molecule has 0 saturated carbocycles. The molecule has 6 heteroatoms. The molecule has 2 atom stereocenters. The minimum atomic E-state index is -0.696. The molecule has 3 rings (SSSR count). The molecule has 114 valence electrons. The van der Waals surface area contributed by atoms with E-state index in [1.54, 1.807) is 18.2 Å². The van der Waals surface area contributed by atoms with Crippen LogP contribution in [0.5, 0.6) is 23.0 Å². The van der Waals surface area contributed by atoms with E-state index in [1.165, 1.54) is 18.2 Å². The molecule has 0 amide bonds. The van der Waals surface area contributed by atoms with Gasteiger partial charge in [-0.05, 0) is 30.3 Å². The molecule has 1 aliphatic rings. The highest BCUT2D eigenvalue weighted by molar-refractivity contribution is 5.76. The first-order valence-corrected chi connectivity index (χ1v) is 6.67. The third kappa shape index (κ3) is 2.44. The Morgan fingerprint density at radius 1 is 1.00 bits per heavy atom. The van der Waals surface area contributed by atoms with Crippen molar-refractivity contribution in [1.29, 1.82) is 0 Å². The van der Waals surface area contributed by atoms with Gasteiger partial charge >= 0.3 is 0 Å². The second-order valence-corrected chi connectivity index (χ2v) is 4.95. The Hall–Kier alpha value is -2.73. The van der Waals surface area contributed by atoms with Crippen molar-refractivity contribution in [3.63, 3.8) is 0 Å². The summed E-state index contributed by atoms with van der Waals surface area (Å²) >= 11 is 0. The van der Waals surface area contributed by atoms with Crippen LogP contribution in [0, 0.1) is 0 Å². The monoisotopic (exact) mass is 302 g/mol. The van der Waals surface area contributed by atoms with Crippen LogP contribution in [-0.2, 0) is 0 Å². The Labute approximate surface area is 126 Å². The second-order valence-electron chi connectivity index (χ2n) is 4.95. The molecular weight excluding hydrogens is 288 g/mol. The number of hydrogen-bond acceptors (Lipinski definition) is 6. The van der Waals surface area contributed by atoms with Crippen LogP contribution < -0.4 is 9.47 Å². The molecule has 22 heavy (non-hydrogen) atoms. The maximum atomic E-state index is 10.8. The fraction of sp³-hybridized carbons (Fsp3) is 0.188. The molecule has 0 saturated heterocycles. The van der Waals surface area contributed by atoms with Gasteiger partial charge in [-0.15, -0.1) is 0 Å². The Kier molecular flexibility index (Phi) is 3.60. The molecule has 0 aliphatic carbocycles. The lowest BCUT2D eigenvalue weighted by Crippen LogP contribution is -2.36. The largest absolute Gasteiger partial charge is 0.504 e. The Bertz CT molecular complexity index is 712. The zero-order valence-electron chi connectivity index (χ0n) is 11.5. The fourth-order valence-electron chi connectivity index (χ4n) is 2.36. The van der Waals surface area contributed by atoms with Gasteiger partial charge in [-0.1, -0.05) is 6.07 Å². The van der Waals surface area contributed by atoms with Gasteiger partial charge in [0.2, 0.25) is 0 Å². The number of aromatic hydroxyl groups is 2. The predicted molar refractivity (Wildman–Crippen MR) is 76.5 cm³/mol. The van der Waals surface area contributed by atoms with Gasteiger partial charge < -0.3 is 24.8 Å². The molecule has 2 aromatic rings. The number of aldehydes is 1. The van der Waals surface area contributed by atoms with E-state index in [0.29, 0.717) is 28.9 Å². The van der Waals surface area contributed by atoms with E-state index >= 15 is 0 Å². The number of ether oxygens (including phenoxy) is 2. The van der Waals surface area contributed by atoms with E-state index in [1.807, 2.05) is 0 Å². The standard InChI is InChI=1S/C16H14O6/c17-7-9-1-4-13-14(5-9)21-15(8-18)16(22-13)10-2-3-11(19)12(20)6-10/h1-7,15-16,18-20H,8H2. The average molecular weight is 302 g/mol. The van der Waals surface area contributed by atoms with Gasteiger partial charge in [0.05, 0.1) is 6.61 Å². The summed E-state index contributed by atoms with van der Waals surface area (Å²) in [6.45, 7) is -0.308. The third-order valence-corrected chi connectivity index (χ3v) is 3.48. The summed E-state index contributed by atoms with van der Waals surface area (Å²) in [5, 5.41) is 28.5. The number of phenols is 2. The number of carbonyl (C=O) groups excluding carboxylic acids is 1. The molecule has 1 heterocycles. The van der Waals surface area contributed by atoms with E-state index in [4.69, 9.17) is 9.47 Å². The van der Waals surface area contributed by atoms with E-state index in [9.17, 15) is 20.1 Å². The molecule has 3 N–H and O–H groups in total. The lowest BCUT2D eigenvalue weighted by atomic mass is 10.0. The Morgan fingerprint density at radius 2 is 1.82 bits per heavy atom. The van der Waals surface area contributed by atoms with E-state index < -0.39 is 12.2 Å². The maximum absolute atomic E-state index is 10.8. The predicted octanol–water partition coefficient (Wildman–Crippen LogP) is 1.78. The molecule has 0 aromatic heterocycles. The number of hydrogen-bond donors (Lipinski definition) is 3. The summed E-state index contributed by atoms with van der Waals surface area (Å²) in [5.41, 5.74) is 0.999. The number of carbonyl (C=O) groups is 1. The smallest absolute Gasteiger partial charge is 0.163 e. The topological polar surface area (TPSA) is 96.2 Å². The Balaban J connectivity index is 1.97. The van der Waals surface area contributed by atoms with Crippen molar-refractivity contribution in [2.45, 2.75) is 12.2 Å². The first kappa shape index (κ1) is 14.2. The second kappa shape index (κ2) is 5.57. The van der Waals surface area contributed by atoms with Crippen LogP contribution in [0.25, 0.3) is 0 Å². The van der Waals surface area contributed by atoms with Gasteiger partial charge in [0.25, 0.3) is 0 Å². The molecule has 2 unspecified atom stereocenters. The van der Waals surface area contributed by atoms with Crippen molar-refractivity contribution in [2.24, 2.45) is 0 Å². The van der Waals surface area contributed by atoms with Crippen molar-refractivity contribution in [2.75, 3.05) is 6.61 Å². The molecule has 0 bridgehead atoms. The average Bonchev–Trinajstić information content (AvgIpc) is 2.55. The van der Waals surface area contributed by atoms with Crippen molar-refractivity contribution in [3.8, 4) is 23.0 Å². The molecule has 6 nitrogen and oxygen atoms in total. The van der Waals surface area contributed by atoms with Crippen LogP contribution in [0.1, 0.15) is 22.0 Å². The highest BCUT2D eigenvalue weighted by atomic mass is 16.6. The molecule has 0 fully saturated rings. The minimum Gasteiger partial charge on any atom is -0.504 e. The summed E-state index contributed by atoms with van der Waals surface area (Å²) < 4.78 is 11.5. The van der Waals surface area contributed by atoms with Crippen molar-refractivity contribution < 1.29 is 29.6 Å². The zero-order valence-corrected chi connectivity index (χ0v) is 11.5. The molecule has 2 aromatic carbocycles. The number of aliphatic hydroxyl groups excluding tert-OH is 1. The van der Waals surface area contributed by atoms with Crippen LogP contribution in [0.2, 0.25) is 0 Å². The minimum absolute atomic E-state index is 0.239.